The Balaban J connectivity index is 0. The largest absolute Gasteiger partial charge is 0.481 e. The van der Waals surface area contributed by atoms with Crippen molar-refractivity contribution in [2.45, 2.75) is 162 Å². The minimum Gasteiger partial charge on any atom is -0.481 e. The summed E-state index contributed by atoms with van der Waals surface area (Å²) >= 11 is 0. The predicted molar refractivity (Wildman–Crippen MR) is 171 cm³/mol. The van der Waals surface area contributed by atoms with Gasteiger partial charge in [-0.3, -0.25) is 9.59 Å². The van der Waals surface area contributed by atoms with E-state index in [0.29, 0.717) is 5.52 Å². The molecular weight excluding hydrogens is 543 g/mol. The van der Waals surface area contributed by atoms with E-state index in [1.165, 1.54) is 134 Å². The van der Waals surface area contributed by atoms with E-state index in [2.05, 4.69) is 20.8 Å². The normalized spacial score (nSPS) is 11.9. The third-order valence-corrected chi connectivity index (χ3v) is 13.5. The molecule has 0 unspecified atom stereocenters. The molecule has 244 valence electrons. The number of carbonyl (C=O) groups is 4. The first-order valence-electron chi connectivity index (χ1n) is 16.3. The third-order valence-electron chi connectivity index (χ3n) is 8.06. The summed E-state index contributed by atoms with van der Waals surface area (Å²) in [6.45, 7) is 8.82. The zero-order chi connectivity index (χ0) is 31.6. The van der Waals surface area contributed by atoms with E-state index >= 15 is 0 Å². The number of carbonyl (C=O) groups excluding carboxylic acids is 1. The van der Waals surface area contributed by atoms with Gasteiger partial charge in [0.2, 0.25) is 0 Å². The maximum Gasteiger partial charge on any atom is 0.336 e. The van der Waals surface area contributed by atoms with Crippen LogP contribution in [0, 0.1) is 0 Å². The van der Waals surface area contributed by atoms with Crippen molar-refractivity contribution >= 4 is 30.7 Å². The molecule has 0 saturated heterocycles. The smallest absolute Gasteiger partial charge is 0.336 e. The molecular formula is C32H63O8P. The second kappa shape index (κ2) is 26.1. The SMILES string of the molecule is CCCCCCCC[PH](CCCCCCCC)(CCCCCCCC)C(C)=O.O=C(O)CC(O)(CC(=O)O)C(=O)O. The molecule has 0 atom stereocenters. The second-order valence-corrected chi connectivity index (χ2v) is 16.6. The molecule has 0 aliphatic carbocycles. The Labute approximate surface area is 250 Å². The zero-order valence-corrected chi connectivity index (χ0v) is 27.7. The first-order chi connectivity index (χ1) is 19.4. The van der Waals surface area contributed by atoms with Crippen molar-refractivity contribution in [1.29, 1.82) is 0 Å². The number of hydrogen-bond donors (Lipinski definition) is 4. The van der Waals surface area contributed by atoms with E-state index in [9.17, 15) is 19.2 Å². The number of rotatable bonds is 27. The standard InChI is InChI=1S/C26H55OP.C6H8O7/c1-5-8-11-14-17-20-23-28(26(4)27,24-21-18-15-12-9-6-2)25-22-19-16-13-10-7-3;7-3(8)1-6(13,5(11)12)2-4(9)10/h28H,5-25H2,1-4H3;13H,1-2H2,(H,7,8)(H,9,10)(H,11,12). The first-order valence-corrected chi connectivity index (χ1v) is 18.9. The molecule has 0 rings (SSSR count). The maximum atomic E-state index is 12.8. The van der Waals surface area contributed by atoms with Crippen molar-refractivity contribution in [2.24, 2.45) is 0 Å². The van der Waals surface area contributed by atoms with Crippen LogP contribution in [0.25, 0.3) is 0 Å². The number of carboxylic acids is 3. The molecule has 9 heteroatoms. The van der Waals surface area contributed by atoms with E-state index < -0.39 is 43.6 Å². The van der Waals surface area contributed by atoms with Gasteiger partial charge in [-0.15, -0.1) is 0 Å². The van der Waals surface area contributed by atoms with Crippen molar-refractivity contribution in [2.75, 3.05) is 18.5 Å². The Hall–Kier alpha value is -1.53. The topological polar surface area (TPSA) is 149 Å². The van der Waals surface area contributed by atoms with Crippen molar-refractivity contribution < 1.29 is 39.6 Å². The fourth-order valence-corrected chi connectivity index (χ4v) is 9.93. The van der Waals surface area contributed by atoms with E-state index in [4.69, 9.17) is 20.4 Å². The van der Waals surface area contributed by atoms with Gasteiger partial charge in [-0.1, -0.05) is 0 Å². The number of aliphatic hydroxyl groups is 1. The third kappa shape index (κ3) is 22.7. The Morgan fingerprint density at radius 1 is 0.512 bits per heavy atom. The monoisotopic (exact) mass is 606 g/mol. The summed E-state index contributed by atoms with van der Waals surface area (Å²) < 4.78 is 0. The molecule has 0 aromatic heterocycles. The molecule has 0 spiro atoms. The molecule has 8 nitrogen and oxygen atoms in total. The van der Waals surface area contributed by atoms with Gasteiger partial charge in [0.15, 0.2) is 5.60 Å². The Kier molecular flexibility index (Phi) is 26.5. The molecule has 0 amide bonds. The first kappa shape index (κ1) is 41.6. The molecule has 0 aromatic rings. The molecule has 0 heterocycles. The predicted octanol–water partition coefficient (Wildman–Crippen LogP) is 8.12. The Morgan fingerprint density at radius 3 is 1.00 bits per heavy atom. The molecule has 0 fully saturated rings. The van der Waals surface area contributed by atoms with Crippen LogP contribution in [0.2, 0.25) is 0 Å². The van der Waals surface area contributed by atoms with Crippen LogP contribution in [0.4, 0.5) is 0 Å². The van der Waals surface area contributed by atoms with Gasteiger partial charge in [0.25, 0.3) is 0 Å². The Morgan fingerprint density at radius 2 is 0.780 bits per heavy atom. The van der Waals surface area contributed by atoms with Gasteiger partial charge < -0.3 is 20.4 Å². The molecule has 4 N–H and O–H groups in total. The average Bonchev–Trinajstić information content (AvgIpc) is 2.88. The number of aliphatic carboxylic acids is 3. The van der Waals surface area contributed by atoms with Crippen molar-refractivity contribution in [3.63, 3.8) is 0 Å². The molecule has 0 aromatic carbocycles. The minimum absolute atomic E-state index is 0.628. The number of carboxylic acid groups (broad SMARTS) is 3. The summed E-state index contributed by atoms with van der Waals surface area (Å²) in [5.41, 5.74) is -2.11. The van der Waals surface area contributed by atoms with Crippen LogP contribution in [-0.4, -0.2) is 67.9 Å². The van der Waals surface area contributed by atoms with Gasteiger partial charge >= 0.3 is 197 Å². The van der Waals surface area contributed by atoms with Crippen LogP contribution in [0.15, 0.2) is 0 Å². The van der Waals surface area contributed by atoms with Gasteiger partial charge in [0.1, 0.15) is 0 Å². The summed E-state index contributed by atoms with van der Waals surface area (Å²) in [5.74, 6) is -5.02. The molecule has 0 bridgehead atoms. The van der Waals surface area contributed by atoms with Crippen molar-refractivity contribution in [1.82, 2.24) is 0 Å². The maximum absolute atomic E-state index is 12.8. The van der Waals surface area contributed by atoms with Gasteiger partial charge in [-0.2, -0.15) is 0 Å². The van der Waals surface area contributed by atoms with Crippen molar-refractivity contribution in [3.8, 4) is 0 Å². The molecule has 41 heavy (non-hydrogen) atoms. The number of unbranched alkanes of at least 4 members (excludes halogenated alkanes) is 15. The van der Waals surface area contributed by atoms with Crippen LogP contribution >= 0.6 is 7.26 Å². The minimum atomic E-state index is -2.74. The molecule has 0 radical (unpaired) electrons. The van der Waals surface area contributed by atoms with Crippen LogP contribution in [0.5, 0.6) is 0 Å². The molecule has 0 saturated carbocycles. The van der Waals surface area contributed by atoms with E-state index in [-0.39, 0.29) is 0 Å². The summed E-state index contributed by atoms with van der Waals surface area (Å²) in [6, 6.07) is 0. The van der Waals surface area contributed by atoms with Crippen LogP contribution in [-0.2, 0) is 19.2 Å². The van der Waals surface area contributed by atoms with Gasteiger partial charge in [0, 0.05) is 0 Å². The van der Waals surface area contributed by atoms with Gasteiger partial charge in [-0.05, 0) is 0 Å². The summed E-state index contributed by atoms with van der Waals surface area (Å²) in [4.78, 5) is 43.3. The van der Waals surface area contributed by atoms with Crippen LogP contribution in [0.1, 0.15) is 156 Å². The average molecular weight is 607 g/mol. The summed E-state index contributed by atoms with van der Waals surface area (Å²) in [5, 5.41) is 33.8. The molecule has 0 aliphatic rings. The van der Waals surface area contributed by atoms with E-state index in [0.717, 1.165) is 0 Å². The zero-order valence-electron chi connectivity index (χ0n) is 26.7. The summed E-state index contributed by atoms with van der Waals surface area (Å²) in [6.07, 6.45) is 26.0. The fraction of sp³-hybridized carbons (Fsp3) is 0.875. The van der Waals surface area contributed by atoms with Gasteiger partial charge in [-0.25, -0.2) is 4.79 Å². The van der Waals surface area contributed by atoms with Crippen LogP contribution in [0.3, 0.4) is 0 Å². The second-order valence-electron chi connectivity index (χ2n) is 11.9. The summed E-state index contributed by atoms with van der Waals surface area (Å²) in [7, 11) is -1.72. The molecule has 0 aliphatic heterocycles. The van der Waals surface area contributed by atoms with Crippen LogP contribution < -0.4 is 0 Å². The number of hydrogen-bond acceptors (Lipinski definition) is 5. The Bertz CT molecular complexity index is 653. The van der Waals surface area contributed by atoms with Gasteiger partial charge in [0.05, 0.1) is 12.8 Å². The van der Waals surface area contributed by atoms with Crippen molar-refractivity contribution in [3.05, 3.63) is 0 Å². The fourth-order valence-electron chi connectivity index (χ4n) is 5.35. The van der Waals surface area contributed by atoms with E-state index in [1.54, 1.807) is 0 Å². The quantitative estimate of drug-likeness (QED) is 0.0541. The van der Waals surface area contributed by atoms with E-state index in [1.807, 2.05) is 6.92 Å².